The molecule has 11 heteroatoms. The summed E-state index contributed by atoms with van der Waals surface area (Å²) in [6.07, 6.45) is 4.16. The van der Waals surface area contributed by atoms with Gasteiger partial charge in [0.2, 0.25) is 5.88 Å². The van der Waals surface area contributed by atoms with E-state index in [1.165, 1.54) is 0 Å². The third-order valence-corrected chi connectivity index (χ3v) is 6.31. The number of hydrogen-bond donors (Lipinski definition) is 1. The molecule has 2 aliphatic rings. The highest BCUT2D eigenvalue weighted by molar-refractivity contribution is 6.45. The number of piperidine rings is 1. The van der Waals surface area contributed by atoms with Gasteiger partial charge in [-0.2, -0.15) is 0 Å². The van der Waals surface area contributed by atoms with Gasteiger partial charge >= 0.3 is 7.05 Å². The minimum atomic E-state index is -1.18. The number of benzene rings is 1. The zero-order chi connectivity index (χ0) is 22.9. The van der Waals surface area contributed by atoms with Gasteiger partial charge < -0.3 is 28.6 Å². The van der Waals surface area contributed by atoms with Gasteiger partial charge in [0.25, 0.3) is 0 Å². The topological polar surface area (TPSA) is 94.8 Å². The van der Waals surface area contributed by atoms with Crippen molar-refractivity contribution >= 4 is 7.05 Å². The van der Waals surface area contributed by atoms with E-state index >= 15 is 0 Å². The molecule has 1 aromatic carbocycles. The Labute approximate surface area is 191 Å². The number of aromatic nitrogens is 4. The van der Waals surface area contributed by atoms with E-state index in [9.17, 15) is 9.41 Å². The van der Waals surface area contributed by atoms with Crippen molar-refractivity contribution in [2.45, 2.75) is 31.6 Å². The summed E-state index contributed by atoms with van der Waals surface area (Å²) in [5, 5.41) is 18.3. The lowest BCUT2D eigenvalue weighted by Gasteiger charge is -2.34. The van der Waals surface area contributed by atoms with Crippen LogP contribution < -0.4 is 9.47 Å². The van der Waals surface area contributed by atoms with E-state index in [4.69, 9.17) is 14.2 Å². The van der Waals surface area contributed by atoms with Crippen molar-refractivity contribution in [1.82, 2.24) is 24.6 Å². The van der Waals surface area contributed by atoms with Gasteiger partial charge in [-0.25, -0.2) is 9.37 Å². The van der Waals surface area contributed by atoms with E-state index in [0.29, 0.717) is 24.4 Å². The second kappa shape index (κ2) is 9.09. The van der Waals surface area contributed by atoms with Gasteiger partial charge in [0.15, 0.2) is 13.0 Å². The first kappa shape index (κ1) is 21.8. The van der Waals surface area contributed by atoms with E-state index in [1.54, 1.807) is 43.4 Å². The molecule has 2 aromatic heterocycles. The van der Waals surface area contributed by atoms with Crippen molar-refractivity contribution in [2.24, 2.45) is 5.92 Å². The quantitative estimate of drug-likeness (QED) is 0.410. The maximum atomic E-state index is 14.9. The van der Waals surface area contributed by atoms with Crippen LogP contribution in [0.4, 0.5) is 4.39 Å². The minimum Gasteiger partial charge on any atom is -0.470 e. The summed E-state index contributed by atoms with van der Waals surface area (Å²) in [5.41, 5.74) is 2.22. The molecule has 1 aliphatic carbocycles. The largest absolute Gasteiger partial charge is 0.470 e. The zero-order valence-electron chi connectivity index (χ0n) is 18.4. The van der Waals surface area contributed by atoms with Crippen molar-refractivity contribution in [3.63, 3.8) is 0 Å². The summed E-state index contributed by atoms with van der Waals surface area (Å²) in [6.45, 7) is 2.36. The number of ether oxygens (including phenoxy) is 3. The van der Waals surface area contributed by atoms with Gasteiger partial charge in [0.1, 0.15) is 11.9 Å². The summed E-state index contributed by atoms with van der Waals surface area (Å²) < 4.78 is 33.5. The fraction of sp³-hybridized carbons (Fsp3) is 0.409. The third-order valence-electron chi connectivity index (χ3n) is 6.31. The molecule has 9 nitrogen and oxygen atoms in total. The molecule has 1 aliphatic heterocycles. The van der Waals surface area contributed by atoms with Crippen LogP contribution in [0.3, 0.4) is 0 Å². The molecule has 3 aromatic rings. The van der Waals surface area contributed by atoms with Crippen LogP contribution in [0, 0.1) is 5.92 Å². The third kappa shape index (κ3) is 4.19. The van der Waals surface area contributed by atoms with Crippen LogP contribution in [0.5, 0.6) is 11.6 Å². The van der Waals surface area contributed by atoms with Gasteiger partial charge in [0.05, 0.1) is 17.7 Å². The van der Waals surface area contributed by atoms with E-state index in [1.807, 2.05) is 29.0 Å². The van der Waals surface area contributed by atoms with E-state index < -0.39 is 19.3 Å². The molecule has 1 saturated carbocycles. The molecular weight excluding hydrogens is 428 g/mol. The number of rotatable bonds is 8. The molecule has 2 unspecified atom stereocenters. The summed E-state index contributed by atoms with van der Waals surface area (Å²) >= 11 is 0. The van der Waals surface area contributed by atoms with Gasteiger partial charge in [-0.1, -0.05) is 0 Å². The lowest BCUT2D eigenvalue weighted by molar-refractivity contribution is 0.0334. The van der Waals surface area contributed by atoms with Gasteiger partial charge in [-0.05, 0) is 38.0 Å². The lowest BCUT2D eigenvalue weighted by atomic mass is 9.82. The molecule has 0 spiro atoms. The Balaban J connectivity index is 1.33. The first-order valence-electron chi connectivity index (χ1n) is 10.9. The van der Waals surface area contributed by atoms with Crippen LogP contribution in [0.25, 0.3) is 16.9 Å². The van der Waals surface area contributed by atoms with Crippen molar-refractivity contribution in [3.8, 4) is 28.6 Å². The maximum Gasteiger partial charge on any atom is 0.376 e. The molecule has 5 rings (SSSR count). The number of hydrogen-bond acceptors (Lipinski definition) is 8. The number of fused-ring (bicyclic) bond motifs is 2. The molecular formula is C22H25BFN5O4. The maximum absolute atomic E-state index is 14.9. The van der Waals surface area contributed by atoms with Gasteiger partial charge in [0, 0.05) is 49.2 Å². The van der Waals surface area contributed by atoms with Crippen molar-refractivity contribution < 1.29 is 23.6 Å². The van der Waals surface area contributed by atoms with Crippen LogP contribution in [-0.4, -0.2) is 75.4 Å². The number of nitrogens with zero attached hydrogens (tertiary/aromatic N) is 5. The van der Waals surface area contributed by atoms with E-state index in [0.717, 1.165) is 11.3 Å². The molecule has 0 radical (unpaired) electrons. The summed E-state index contributed by atoms with van der Waals surface area (Å²) in [7, 11) is 0.896. The van der Waals surface area contributed by atoms with Crippen molar-refractivity contribution in [2.75, 3.05) is 20.4 Å². The molecule has 0 amide bonds. The first-order valence-corrected chi connectivity index (χ1v) is 10.9. The minimum absolute atomic E-state index is 0.0193. The smallest absolute Gasteiger partial charge is 0.376 e. The van der Waals surface area contributed by atoms with Crippen molar-refractivity contribution in [1.29, 1.82) is 0 Å². The number of halogens is 1. The van der Waals surface area contributed by atoms with Crippen LogP contribution in [0.15, 0.2) is 49.1 Å². The van der Waals surface area contributed by atoms with Crippen molar-refractivity contribution in [3.05, 3.63) is 49.1 Å². The molecule has 1 saturated heterocycles. The van der Waals surface area contributed by atoms with E-state index in [-0.39, 0.29) is 24.6 Å². The van der Waals surface area contributed by atoms with Crippen LogP contribution in [0.1, 0.15) is 6.42 Å². The Bertz CT molecular complexity index is 1080. The Morgan fingerprint density at radius 2 is 2.12 bits per heavy atom. The first-order chi connectivity index (χ1) is 16.0. The summed E-state index contributed by atoms with van der Waals surface area (Å²) in [6, 6.07) is 8.84. The molecule has 3 heterocycles. The normalized spacial score (nSPS) is 24.2. The number of imidazole rings is 1. The standard InChI is InChI=1S/C22H25BFN5O4/c1-23(30)29-11-14-9-18(29)21(24)22(14)33-20-6-5-17(26-27-20)16-4-3-15(28-8-7-25-12-28)10-19(16)32-13-31-2/h3-8,10,12,14,18,21-22,30H,9,11,13H2,1-2H3/t14?,18?,21-,22-/m0/s1. The second-order valence-corrected chi connectivity index (χ2v) is 8.38. The fourth-order valence-electron chi connectivity index (χ4n) is 4.75. The van der Waals surface area contributed by atoms with Crippen LogP contribution in [0.2, 0.25) is 6.82 Å². The SMILES string of the molecule is COCOc1cc(-n2ccnc2)ccc1-c1ccc(O[C@H]2C3CC([C@@H]2F)N(B(C)O)C3)nn1. The molecule has 2 fully saturated rings. The van der Waals surface area contributed by atoms with Crippen LogP contribution >= 0.6 is 0 Å². The fourth-order valence-corrected chi connectivity index (χ4v) is 4.75. The molecule has 33 heavy (non-hydrogen) atoms. The summed E-state index contributed by atoms with van der Waals surface area (Å²) in [5.74, 6) is 0.879. The Morgan fingerprint density at radius 1 is 1.24 bits per heavy atom. The Hall–Kier alpha value is -3.02. The van der Waals surface area contributed by atoms with Gasteiger partial charge in [-0.15, -0.1) is 10.2 Å². The zero-order valence-corrected chi connectivity index (χ0v) is 18.4. The highest BCUT2D eigenvalue weighted by Crippen LogP contribution is 2.42. The predicted molar refractivity (Wildman–Crippen MR) is 119 cm³/mol. The van der Waals surface area contributed by atoms with Crippen LogP contribution in [-0.2, 0) is 4.74 Å². The molecule has 4 atom stereocenters. The number of alkyl halides is 1. The van der Waals surface area contributed by atoms with E-state index in [2.05, 4.69) is 15.2 Å². The highest BCUT2D eigenvalue weighted by atomic mass is 19.1. The Kier molecular flexibility index (Phi) is 6.00. The van der Waals surface area contributed by atoms with Gasteiger partial charge in [-0.3, -0.25) is 0 Å². The average Bonchev–Trinajstić information content (AvgIpc) is 3.57. The number of methoxy groups -OCH3 is 1. The molecule has 172 valence electrons. The summed E-state index contributed by atoms with van der Waals surface area (Å²) in [4.78, 5) is 5.86. The lowest BCUT2D eigenvalue weighted by Crippen LogP contribution is -2.53. The average molecular weight is 453 g/mol. The highest BCUT2D eigenvalue weighted by Gasteiger charge is 2.55. The monoisotopic (exact) mass is 453 g/mol. The molecule has 1 N–H and O–H groups in total. The molecule has 2 bridgehead atoms. The predicted octanol–water partition coefficient (Wildman–Crippen LogP) is 2.21. The second-order valence-electron chi connectivity index (χ2n) is 8.38. The Morgan fingerprint density at radius 3 is 2.79 bits per heavy atom.